The maximum absolute atomic E-state index is 12.9. The highest BCUT2D eigenvalue weighted by Gasteiger charge is 2.40. The molecule has 0 atom stereocenters. The Labute approximate surface area is 139 Å². The van der Waals surface area contributed by atoms with Crippen molar-refractivity contribution in [1.29, 1.82) is 5.26 Å². The first kappa shape index (κ1) is 14.5. The van der Waals surface area contributed by atoms with Crippen molar-refractivity contribution in [2.24, 2.45) is 0 Å². The lowest BCUT2D eigenvalue weighted by Crippen LogP contribution is -2.49. The average Bonchev–Trinajstić information content (AvgIpc) is 3.45. The summed E-state index contributed by atoms with van der Waals surface area (Å²) in [5.41, 5.74) is 2.38. The number of carbonyl (C=O) groups excluding carboxylic acids is 2. The Balaban J connectivity index is 1.75. The van der Waals surface area contributed by atoms with Crippen LogP contribution in [0.3, 0.4) is 0 Å². The fraction of sp³-hybridized carbons (Fsp3) is 0.211. The van der Waals surface area contributed by atoms with Crippen LogP contribution >= 0.6 is 0 Å². The van der Waals surface area contributed by atoms with Gasteiger partial charge in [-0.1, -0.05) is 18.2 Å². The molecule has 1 aliphatic carbocycles. The lowest BCUT2D eigenvalue weighted by molar-refractivity contribution is -0.117. The Kier molecular flexibility index (Phi) is 3.31. The molecule has 2 amide bonds. The van der Waals surface area contributed by atoms with Crippen molar-refractivity contribution in [2.75, 3.05) is 16.3 Å². The van der Waals surface area contributed by atoms with Crippen LogP contribution in [0.25, 0.3) is 0 Å². The van der Waals surface area contributed by atoms with Crippen LogP contribution in [-0.4, -0.2) is 24.4 Å². The number of benzene rings is 2. The van der Waals surface area contributed by atoms with E-state index in [4.69, 9.17) is 5.26 Å². The zero-order chi connectivity index (χ0) is 16.7. The van der Waals surface area contributed by atoms with Crippen LogP contribution in [0.2, 0.25) is 0 Å². The predicted octanol–water partition coefficient (Wildman–Crippen LogP) is 2.71. The van der Waals surface area contributed by atoms with Gasteiger partial charge in [0.15, 0.2) is 0 Å². The number of fused-ring (bicyclic) bond motifs is 1. The van der Waals surface area contributed by atoms with E-state index in [1.165, 1.54) is 4.90 Å². The van der Waals surface area contributed by atoms with Gasteiger partial charge in [-0.15, -0.1) is 0 Å². The van der Waals surface area contributed by atoms with Crippen LogP contribution in [0.15, 0.2) is 48.5 Å². The Morgan fingerprint density at radius 3 is 2.54 bits per heavy atom. The van der Waals surface area contributed by atoms with Gasteiger partial charge in [0.25, 0.3) is 5.91 Å². The molecule has 1 heterocycles. The number of amides is 2. The first-order valence-corrected chi connectivity index (χ1v) is 7.92. The molecule has 24 heavy (non-hydrogen) atoms. The smallest absolute Gasteiger partial charge is 0.258 e. The lowest BCUT2D eigenvalue weighted by Gasteiger charge is -2.36. The zero-order valence-electron chi connectivity index (χ0n) is 13.0. The first-order chi connectivity index (χ1) is 11.7. The molecular weight excluding hydrogens is 302 g/mol. The van der Waals surface area contributed by atoms with Crippen LogP contribution in [0.4, 0.5) is 11.4 Å². The van der Waals surface area contributed by atoms with E-state index in [0.717, 1.165) is 24.2 Å². The number of hydrogen-bond acceptors (Lipinski definition) is 3. The molecule has 0 spiro atoms. The highest BCUT2D eigenvalue weighted by atomic mass is 16.2. The van der Waals surface area contributed by atoms with Crippen LogP contribution in [0.1, 0.15) is 28.8 Å². The molecule has 5 heteroatoms. The molecule has 118 valence electrons. The molecule has 1 saturated carbocycles. The van der Waals surface area contributed by atoms with Gasteiger partial charge in [0.2, 0.25) is 5.91 Å². The highest BCUT2D eigenvalue weighted by molar-refractivity contribution is 6.16. The third-order valence-corrected chi connectivity index (χ3v) is 4.39. The molecule has 5 nitrogen and oxygen atoms in total. The average molecular weight is 317 g/mol. The topological polar surface area (TPSA) is 64.4 Å². The van der Waals surface area contributed by atoms with E-state index in [2.05, 4.69) is 0 Å². The molecule has 0 radical (unpaired) electrons. The van der Waals surface area contributed by atoms with Crippen LogP contribution in [0.5, 0.6) is 0 Å². The fourth-order valence-corrected chi connectivity index (χ4v) is 3.12. The second-order valence-corrected chi connectivity index (χ2v) is 6.07. The first-order valence-electron chi connectivity index (χ1n) is 7.92. The van der Waals surface area contributed by atoms with Gasteiger partial charge in [-0.2, -0.15) is 5.26 Å². The number of hydrogen-bond donors (Lipinski definition) is 0. The minimum atomic E-state index is -0.261. The van der Waals surface area contributed by atoms with Crippen molar-refractivity contribution < 1.29 is 9.59 Å². The minimum Gasteiger partial charge on any atom is -0.306 e. The summed E-state index contributed by atoms with van der Waals surface area (Å²) in [6.45, 7) is 0.0309. The SMILES string of the molecule is N#Cc1cccc(C(=O)N2CC(=O)N(C3CC3)c3ccccc32)c1. The van der Waals surface area contributed by atoms with Gasteiger partial charge in [0.1, 0.15) is 6.54 Å². The summed E-state index contributed by atoms with van der Waals surface area (Å²) in [5.74, 6) is -0.315. The number of para-hydroxylation sites is 2. The Morgan fingerprint density at radius 2 is 1.83 bits per heavy atom. The van der Waals surface area contributed by atoms with Crippen LogP contribution in [-0.2, 0) is 4.79 Å². The van der Waals surface area contributed by atoms with Gasteiger partial charge in [-0.3, -0.25) is 14.5 Å². The summed E-state index contributed by atoms with van der Waals surface area (Å²) < 4.78 is 0. The summed E-state index contributed by atoms with van der Waals surface area (Å²) in [7, 11) is 0. The van der Waals surface area contributed by atoms with Gasteiger partial charge < -0.3 is 4.90 Å². The molecule has 0 bridgehead atoms. The van der Waals surface area contributed by atoms with Crippen molar-refractivity contribution >= 4 is 23.2 Å². The fourth-order valence-electron chi connectivity index (χ4n) is 3.12. The number of carbonyl (C=O) groups is 2. The Bertz CT molecular complexity index is 880. The van der Waals surface area contributed by atoms with Gasteiger partial charge in [0, 0.05) is 11.6 Å². The minimum absolute atomic E-state index is 0.0309. The molecule has 1 fully saturated rings. The molecule has 0 N–H and O–H groups in total. The third-order valence-electron chi connectivity index (χ3n) is 4.39. The van der Waals surface area contributed by atoms with Crippen molar-refractivity contribution in [3.63, 3.8) is 0 Å². The second-order valence-electron chi connectivity index (χ2n) is 6.07. The largest absolute Gasteiger partial charge is 0.306 e. The van der Waals surface area contributed by atoms with E-state index in [1.807, 2.05) is 35.2 Å². The van der Waals surface area contributed by atoms with Crippen LogP contribution < -0.4 is 9.80 Å². The standard InChI is InChI=1S/C19H15N3O2/c20-11-13-4-3-5-14(10-13)19(24)21-12-18(23)22(15-8-9-15)17-7-2-1-6-16(17)21/h1-7,10,15H,8-9,12H2. The van der Waals surface area contributed by atoms with E-state index in [1.54, 1.807) is 24.3 Å². The van der Waals surface area contributed by atoms with E-state index in [9.17, 15) is 9.59 Å². The van der Waals surface area contributed by atoms with E-state index in [0.29, 0.717) is 11.1 Å². The van der Waals surface area contributed by atoms with E-state index in [-0.39, 0.29) is 24.4 Å². The lowest BCUT2D eigenvalue weighted by atomic mass is 10.1. The summed E-state index contributed by atoms with van der Waals surface area (Å²) in [5, 5.41) is 9.02. The van der Waals surface area contributed by atoms with Gasteiger partial charge in [-0.25, -0.2) is 0 Å². The molecule has 4 rings (SSSR count). The number of nitriles is 1. The maximum Gasteiger partial charge on any atom is 0.258 e. The maximum atomic E-state index is 12.9. The monoisotopic (exact) mass is 317 g/mol. The zero-order valence-corrected chi connectivity index (χ0v) is 13.0. The number of rotatable bonds is 2. The predicted molar refractivity (Wildman–Crippen MR) is 89.8 cm³/mol. The summed E-state index contributed by atoms with van der Waals surface area (Å²) >= 11 is 0. The van der Waals surface area contributed by atoms with E-state index < -0.39 is 0 Å². The highest BCUT2D eigenvalue weighted by Crippen LogP contribution is 2.40. The third kappa shape index (κ3) is 2.33. The van der Waals surface area contributed by atoms with Crippen molar-refractivity contribution in [1.82, 2.24) is 0 Å². The van der Waals surface area contributed by atoms with E-state index >= 15 is 0 Å². The number of nitrogens with zero attached hydrogens (tertiary/aromatic N) is 3. The molecule has 1 aliphatic heterocycles. The molecule has 0 saturated heterocycles. The molecular formula is C19H15N3O2. The molecule has 2 aliphatic rings. The second kappa shape index (κ2) is 5.50. The van der Waals surface area contributed by atoms with Crippen molar-refractivity contribution in [3.05, 3.63) is 59.7 Å². The van der Waals surface area contributed by atoms with Gasteiger partial charge in [0.05, 0.1) is 23.0 Å². The van der Waals surface area contributed by atoms with Crippen LogP contribution in [0, 0.1) is 11.3 Å². The summed E-state index contributed by atoms with van der Waals surface area (Å²) in [4.78, 5) is 28.8. The Morgan fingerprint density at radius 1 is 1.08 bits per heavy atom. The number of anilines is 2. The molecule has 2 aromatic carbocycles. The summed E-state index contributed by atoms with van der Waals surface area (Å²) in [6, 6.07) is 16.4. The van der Waals surface area contributed by atoms with Crippen molar-refractivity contribution in [3.8, 4) is 6.07 Å². The molecule has 0 aromatic heterocycles. The summed E-state index contributed by atoms with van der Waals surface area (Å²) in [6.07, 6.45) is 2.02. The van der Waals surface area contributed by atoms with Gasteiger partial charge in [-0.05, 0) is 43.2 Å². The normalized spacial score (nSPS) is 16.5. The van der Waals surface area contributed by atoms with Gasteiger partial charge >= 0.3 is 0 Å². The molecule has 0 unspecified atom stereocenters. The molecule has 2 aromatic rings. The quantitative estimate of drug-likeness (QED) is 0.855. The Hall–Kier alpha value is -3.13. The van der Waals surface area contributed by atoms with Crippen molar-refractivity contribution in [2.45, 2.75) is 18.9 Å².